The summed E-state index contributed by atoms with van der Waals surface area (Å²) in [6.07, 6.45) is 3.17. The Balaban J connectivity index is 1.54. The number of hydrogen-bond acceptors (Lipinski definition) is 3. The van der Waals surface area contributed by atoms with Gasteiger partial charge in [0.2, 0.25) is 11.9 Å². The largest absolute Gasteiger partial charge is 0.307 e. The van der Waals surface area contributed by atoms with E-state index in [9.17, 15) is 4.79 Å². The Bertz CT molecular complexity index is 1730. The summed E-state index contributed by atoms with van der Waals surface area (Å²) in [5.41, 5.74) is 8.52. The molecule has 3 aromatic carbocycles. The molecule has 0 radical (unpaired) electrons. The van der Waals surface area contributed by atoms with Gasteiger partial charge in [-0.25, -0.2) is 4.98 Å². The minimum atomic E-state index is -0.284. The minimum Gasteiger partial charge on any atom is -0.307 e. The van der Waals surface area contributed by atoms with E-state index >= 15 is 0 Å². The second-order valence-corrected chi connectivity index (χ2v) is 11.7. The van der Waals surface area contributed by atoms with Crippen molar-refractivity contribution in [1.82, 2.24) is 19.3 Å². The number of aryl methyl sites for hydroxylation is 3. The van der Waals surface area contributed by atoms with Crippen LogP contribution in [0.3, 0.4) is 0 Å². The van der Waals surface area contributed by atoms with Crippen molar-refractivity contribution in [2.24, 2.45) is 0 Å². The third kappa shape index (κ3) is 5.58. The summed E-state index contributed by atoms with van der Waals surface area (Å²) in [7, 11) is 0. The van der Waals surface area contributed by atoms with Crippen LogP contribution in [-0.4, -0.2) is 25.2 Å². The van der Waals surface area contributed by atoms with Crippen molar-refractivity contribution in [1.29, 1.82) is 0 Å². The van der Waals surface area contributed by atoms with E-state index in [4.69, 9.17) is 21.7 Å². The Morgan fingerprint density at radius 1 is 0.975 bits per heavy atom. The number of para-hydroxylation sites is 2. The first-order valence-electron chi connectivity index (χ1n) is 13.4. The first kappa shape index (κ1) is 27.4. The molecular weight excluding hydrogens is 518 g/mol. The number of nitrogens with one attached hydrogen (secondary N) is 1. The molecule has 7 heteroatoms. The number of carbonyl (C=O) groups is 1. The SMILES string of the molecule is Cc1cc(NC(=O)/C=C/c2ccccc2Cl)n(-c2nc3ccccc3n2Cc2c(C)cc(C(C)(C)C)cc2C)n1. The number of rotatable bonds is 6. The maximum absolute atomic E-state index is 12.9. The lowest BCUT2D eigenvalue weighted by Crippen LogP contribution is -2.17. The number of aromatic nitrogens is 4. The summed E-state index contributed by atoms with van der Waals surface area (Å²) in [5.74, 6) is 0.894. The topological polar surface area (TPSA) is 64.7 Å². The summed E-state index contributed by atoms with van der Waals surface area (Å²) in [4.78, 5) is 17.9. The average Bonchev–Trinajstić information content (AvgIpc) is 3.44. The Hall–Kier alpha value is -4.16. The Labute approximate surface area is 240 Å². The molecule has 5 aromatic rings. The summed E-state index contributed by atoms with van der Waals surface area (Å²) < 4.78 is 3.88. The van der Waals surface area contributed by atoms with Crippen molar-refractivity contribution in [3.63, 3.8) is 0 Å². The van der Waals surface area contributed by atoms with Crippen molar-refractivity contribution in [2.45, 2.75) is 53.5 Å². The molecule has 1 amide bonds. The van der Waals surface area contributed by atoms with Gasteiger partial charge in [-0.3, -0.25) is 4.79 Å². The highest BCUT2D eigenvalue weighted by Gasteiger charge is 2.21. The number of benzene rings is 3. The van der Waals surface area contributed by atoms with Gasteiger partial charge in [-0.2, -0.15) is 9.78 Å². The second kappa shape index (κ2) is 10.8. The zero-order chi connectivity index (χ0) is 28.6. The fraction of sp³-hybridized carbons (Fsp3) is 0.242. The van der Waals surface area contributed by atoms with Crippen LogP contribution in [-0.2, 0) is 16.8 Å². The highest BCUT2D eigenvalue weighted by Crippen LogP contribution is 2.30. The molecule has 0 aliphatic heterocycles. The standard InChI is InChI=1S/C33H34ClN5O/c1-21-17-25(33(4,5)6)18-22(2)26(21)20-38-29-14-10-9-13-28(29)35-32(38)39-30(19-23(3)37-39)36-31(40)16-15-24-11-7-8-12-27(24)34/h7-19H,20H2,1-6H3,(H,36,40)/b16-15+. The number of anilines is 1. The Morgan fingerprint density at radius 3 is 2.35 bits per heavy atom. The molecule has 0 aliphatic rings. The number of imidazole rings is 1. The molecule has 0 spiro atoms. The van der Waals surface area contributed by atoms with Crippen LogP contribution >= 0.6 is 11.6 Å². The van der Waals surface area contributed by atoms with E-state index < -0.39 is 0 Å². The maximum atomic E-state index is 12.9. The number of halogens is 1. The van der Waals surface area contributed by atoms with Gasteiger partial charge in [0.25, 0.3) is 0 Å². The molecule has 40 heavy (non-hydrogen) atoms. The van der Waals surface area contributed by atoms with Crippen molar-refractivity contribution in [2.75, 3.05) is 5.32 Å². The van der Waals surface area contributed by atoms with Gasteiger partial charge in [-0.15, -0.1) is 0 Å². The molecule has 1 N–H and O–H groups in total. The molecular formula is C33H34ClN5O. The van der Waals surface area contributed by atoms with Crippen LogP contribution < -0.4 is 5.32 Å². The fourth-order valence-electron chi connectivity index (χ4n) is 4.90. The molecule has 5 rings (SSSR count). The third-order valence-electron chi connectivity index (χ3n) is 7.10. The maximum Gasteiger partial charge on any atom is 0.249 e. The first-order chi connectivity index (χ1) is 19.0. The van der Waals surface area contributed by atoms with Crippen LogP contribution in [0.1, 0.15) is 54.3 Å². The second-order valence-electron chi connectivity index (χ2n) is 11.3. The quantitative estimate of drug-likeness (QED) is 0.219. The van der Waals surface area contributed by atoms with Crippen LogP contribution in [0.15, 0.2) is 72.8 Å². The number of hydrogen-bond donors (Lipinski definition) is 1. The van der Waals surface area contributed by atoms with Gasteiger partial charge in [0.15, 0.2) is 0 Å². The number of amides is 1. The summed E-state index contributed by atoms with van der Waals surface area (Å²) in [6.45, 7) is 13.6. The third-order valence-corrected chi connectivity index (χ3v) is 7.45. The molecule has 2 aromatic heterocycles. The van der Waals surface area contributed by atoms with Crippen LogP contribution in [0, 0.1) is 20.8 Å². The van der Waals surface area contributed by atoms with E-state index in [1.54, 1.807) is 16.8 Å². The van der Waals surface area contributed by atoms with E-state index in [2.05, 4.69) is 62.7 Å². The van der Waals surface area contributed by atoms with Crippen LogP contribution in [0.25, 0.3) is 23.1 Å². The summed E-state index contributed by atoms with van der Waals surface area (Å²) >= 11 is 6.24. The molecule has 0 fully saturated rings. The smallest absolute Gasteiger partial charge is 0.249 e. The predicted molar refractivity (Wildman–Crippen MR) is 164 cm³/mol. The molecule has 204 valence electrons. The minimum absolute atomic E-state index is 0.0703. The van der Waals surface area contributed by atoms with Crippen LogP contribution in [0.5, 0.6) is 0 Å². The average molecular weight is 552 g/mol. The van der Waals surface area contributed by atoms with Gasteiger partial charge in [-0.05, 0) is 78.3 Å². The Kier molecular flexibility index (Phi) is 7.39. The zero-order valence-corrected chi connectivity index (χ0v) is 24.5. The number of carbonyl (C=O) groups excluding carboxylic acids is 1. The molecule has 0 saturated heterocycles. The zero-order valence-electron chi connectivity index (χ0n) is 23.8. The van der Waals surface area contributed by atoms with E-state index in [0.29, 0.717) is 23.3 Å². The summed E-state index contributed by atoms with van der Waals surface area (Å²) in [6, 6.07) is 21.9. The van der Waals surface area contributed by atoms with Gasteiger partial charge in [0, 0.05) is 17.2 Å². The lowest BCUT2D eigenvalue weighted by molar-refractivity contribution is -0.111. The van der Waals surface area contributed by atoms with Crippen molar-refractivity contribution in [3.05, 3.63) is 111 Å². The lowest BCUT2D eigenvalue weighted by atomic mass is 9.84. The molecule has 6 nitrogen and oxygen atoms in total. The highest BCUT2D eigenvalue weighted by molar-refractivity contribution is 6.32. The van der Waals surface area contributed by atoms with Gasteiger partial charge in [0.05, 0.1) is 23.3 Å². The monoisotopic (exact) mass is 551 g/mol. The number of nitrogens with zero attached hydrogens (tertiary/aromatic N) is 4. The van der Waals surface area contributed by atoms with Crippen molar-refractivity contribution < 1.29 is 4.79 Å². The molecule has 0 aliphatic carbocycles. The molecule has 0 unspecified atom stereocenters. The first-order valence-corrected chi connectivity index (χ1v) is 13.8. The van der Waals surface area contributed by atoms with Gasteiger partial charge in [-0.1, -0.05) is 74.8 Å². The molecule has 0 bridgehead atoms. The van der Waals surface area contributed by atoms with Gasteiger partial charge >= 0.3 is 0 Å². The normalized spacial score (nSPS) is 12.0. The molecule has 0 saturated carbocycles. The fourth-order valence-corrected chi connectivity index (χ4v) is 5.10. The Morgan fingerprint density at radius 2 is 1.65 bits per heavy atom. The lowest BCUT2D eigenvalue weighted by Gasteiger charge is -2.23. The van der Waals surface area contributed by atoms with E-state index in [-0.39, 0.29) is 11.3 Å². The van der Waals surface area contributed by atoms with E-state index in [0.717, 1.165) is 22.3 Å². The van der Waals surface area contributed by atoms with E-state index in [1.807, 2.05) is 49.4 Å². The van der Waals surface area contributed by atoms with Crippen molar-refractivity contribution in [3.8, 4) is 5.95 Å². The number of fused-ring (bicyclic) bond motifs is 1. The van der Waals surface area contributed by atoms with Gasteiger partial charge in [0.1, 0.15) is 5.82 Å². The van der Waals surface area contributed by atoms with Crippen LogP contribution in [0.2, 0.25) is 5.02 Å². The van der Waals surface area contributed by atoms with E-state index in [1.165, 1.54) is 28.3 Å². The van der Waals surface area contributed by atoms with Gasteiger partial charge < -0.3 is 9.88 Å². The van der Waals surface area contributed by atoms with Crippen molar-refractivity contribution >= 4 is 40.4 Å². The molecule has 0 atom stereocenters. The molecule has 2 heterocycles. The highest BCUT2D eigenvalue weighted by atomic mass is 35.5. The summed E-state index contributed by atoms with van der Waals surface area (Å²) in [5, 5.41) is 8.29. The van der Waals surface area contributed by atoms with Crippen LogP contribution in [0.4, 0.5) is 5.82 Å². The predicted octanol–water partition coefficient (Wildman–Crippen LogP) is 7.80.